The van der Waals surface area contributed by atoms with Crippen molar-refractivity contribution in [1.29, 1.82) is 0 Å². The summed E-state index contributed by atoms with van der Waals surface area (Å²) < 4.78 is 1.20. The van der Waals surface area contributed by atoms with Gasteiger partial charge in [-0.3, -0.25) is 9.59 Å². The van der Waals surface area contributed by atoms with Gasteiger partial charge in [0.05, 0.1) is 17.5 Å². The van der Waals surface area contributed by atoms with Crippen molar-refractivity contribution in [2.24, 2.45) is 0 Å². The third-order valence-corrected chi connectivity index (χ3v) is 4.92. The minimum Gasteiger partial charge on any atom is -0.481 e. The van der Waals surface area contributed by atoms with Crippen LogP contribution >= 0.6 is 23.1 Å². The second kappa shape index (κ2) is 6.76. The van der Waals surface area contributed by atoms with E-state index in [0.717, 1.165) is 16.6 Å². The lowest BCUT2D eigenvalue weighted by Gasteiger charge is -2.11. The molecular weight excluding hydrogens is 294 g/mol. The number of amides is 1. The van der Waals surface area contributed by atoms with Gasteiger partial charge in [-0.2, -0.15) is 0 Å². The molecule has 0 saturated carbocycles. The van der Waals surface area contributed by atoms with Crippen molar-refractivity contribution in [3.63, 3.8) is 0 Å². The van der Waals surface area contributed by atoms with Crippen LogP contribution in [-0.4, -0.2) is 28.5 Å². The number of benzene rings is 1. The number of aliphatic carboxylic acids is 1. The van der Waals surface area contributed by atoms with Crippen molar-refractivity contribution in [3.8, 4) is 0 Å². The summed E-state index contributed by atoms with van der Waals surface area (Å²) in [6.07, 6.45) is 0. The van der Waals surface area contributed by atoms with Crippen LogP contribution in [0, 0.1) is 0 Å². The first kappa shape index (κ1) is 14.9. The molecule has 4 nitrogen and oxygen atoms in total. The third kappa shape index (κ3) is 3.98. The van der Waals surface area contributed by atoms with Crippen molar-refractivity contribution in [2.75, 3.05) is 11.5 Å². The van der Waals surface area contributed by atoms with E-state index in [0.29, 0.717) is 0 Å². The number of hydrogen-bond donors (Lipinski definition) is 2. The number of nitrogens with one attached hydrogen (secondary N) is 1. The molecule has 0 saturated heterocycles. The Morgan fingerprint density at radius 3 is 2.80 bits per heavy atom. The zero-order chi connectivity index (χ0) is 14.5. The standard InChI is InChI=1S/C14H15NO3S2/c1-9(15-13(16)7-19-8-14(17)18)12-6-10-4-2-3-5-11(10)20-12/h2-6,9H,7-8H2,1H3,(H,15,16)(H,17,18). The van der Waals surface area contributed by atoms with E-state index in [1.54, 1.807) is 11.3 Å². The topological polar surface area (TPSA) is 66.4 Å². The van der Waals surface area contributed by atoms with E-state index >= 15 is 0 Å². The van der Waals surface area contributed by atoms with Gasteiger partial charge in [0.25, 0.3) is 0 Å². The Labute approximate surface area is 125 Å². The molecular formula is C14H15NO3S2. The van der Waals surface area contributed by atoms with Gasteiger partial charge >= 0.3 is 5.97 Å². The number of hydrogen-bond acceptors (Lipinski definition) is 4. The van der Waals surface area contributed by atoms with Crippen LogP contribution < -0.4 is 5.32 Å². The highest BCUT2D eigenvalue weighted by Gasteiger charge is 2.12. The quantitative estimate of drug-likeness (QED) is 0.861. The molecule has 1 amide bonds. The lowest BCUT2D eigenvalue weighted by Crippen LogP contribution is -2.28. The maximum Gasteiger partial charge on any atom is 0.313 e. The summed E-state index contributed by atoms with van der Waals surface area (Å²) in [4.78, 5) is 23.2. The molecule has 0 radical (unpaired) electrons. The first-order valence-electron chi connectivity index (χ1n) is 6.13. The first-order valence-corrected chi connectivity index (χ1v) is 8.11. The number of rotatable bonds is 6. The molecule has 2 aromatic rings. The molecule has 0 aliphatic rings. The van der Waals surface area contributed by atoms with Crippen LogP contribution in [0.3, 0.4) is 0 Å². The second-order valence-corrected chi connectivity index (χ2v) is 6.46. The van der Waals surface area contributed by atoms with Gasteiger partial charge in [-0.1, -0.05) is 18.2 Å². The fraction of sp³-hybridized carbons (Fsp3) is 0.286. The van der Waals surface area contributed by atoms with Gasteiger partial charge < -0.3 is 10.4 Å². The molecule has 1 atom stereocenters. The van der Waals surface area contributed by atoms with Gasteiger partial charge in [0, 0.05) is 9.58 Å². The molecule has 6 heteroatoms. The first-order chi connectivity index (χ1) is 9.56. The Hall–Kier alpha value is -1.53. The minimum atomic E-state index is -0.902. The Bertz CT molecular complexity index is 591. The SMILES string of the molecule is CC(NC(=O)CSCC(=O)O)c1cc2ccccc2s1. The monoisotopic (exact) mass is 309 g/mol. The van der Waals surface area contributed by atoms with Crippen LogP contribution in [-0.2, 0) is 9.59 Å². The van der Waals surface area contributed by atoms with E-state index in [-0.39, 0.29) is 23.5 Å². The molecule has 0 aliphatic carbocycles. The predicted octanol–water partition coefficient (Wildman–Crippen LogP) is 2.90. The molecule has 106 valence electrons. The van der Waals surface area contributed by atoms with E-state index in [4.69, 9.17) is 5.11 Å². The van der Waals surface area contributed by atoms with Crippen molar-refractivity contribution in [3.05, 3.63) is 35.2 Å². The number of thiophene rings is 1. The molecule has 0 bridgehead atoms. The van der Waals surface area contributed by atoms with E-state index in [1.807, 2.05) is 25.1 Å². The Morgan fingerprint density at radius 1 is 1.35 bits per heavy atom. The van der Waals surface area contributed by atoms with Crippen LogP contribution in [0.5, 0.6) is 0 Å². The number of carboxylic acid groups (broad SMARTS) is 1. The van der Waals surface area contributed by atoms with Gasteiger partial charge in [-0.05, 0) is 24.4 Å². The normalized spacial score (nSPS) is 12.2. The zero-order valence-electron chi connectivity index (χ0n) is 11.0. The smallest absolute Gasteiger partial charge is 0.313 e. The second-order valence-electron chi connectivity index (χ2n) is 4.36. The molecule has 1 aromatic carbocycles. The molecule has 1 unspecified atom stereocenters. The lowest BCUT2D eigenvalue weighted by molar-refractivity contribution is -0.133. The van der Waals surface area contributed by atoms with E-state index in [2.05, 4.69) is 17.4 Å². The van der Waals surface area contributed by atoms with Crippen molar-refractivity contribution in [2.45, 2.75) is 13.0 Å². The fourth-order valence-corrected chi connectivity index (χ4v) is 3.41. The van der Waals surface area contributed by atoms with E-state index in [9.17, 15) is 9.59 Å². The fourth-order valence-electron chi connectivity index (χ4n) is 1.80. The average Bonchev–Trinajstić information content (AvgIpc) is 2.82. The number of carbonyl (C=O) groups excluding carboxylic acids is 1. The number of carboxylic acids is 1. The molecule has 1 heterocycles. The highest BCUT2D eigenvalue weighted by atomic mass is 32.2. The Balaban J connectivity index is 1.92. The highest BCUT2D eigenvalue weighted by Crippen LogP contribution is 2.29. The van der Waals surface area contributed by atoms with Gasteiger partial charge in [0.2, 0.25) is 5.91 Å². The van der Waals surface area contributed by atoms with Crippen molar-refractivity contribution >= 4 is 45.1 Å². The zero-order valence-corrected chi connectivity index (χ0v) is 12.6. The van der Waals surface area contributed by atoms with Crippen molar-refractivity contribution in [1.82, 2.24) is 5.32 Å². The molecule has 1 aromatic heterocycles. The summed E-state index contributed by atoms with van der Waals surface area (Å²) in [6.45, 7) is 1.93. The number of carbonyl (C=O) groups is 2. The van der Waals surface area contributed by atoms with Crippen LogP contribution in [0.1, 0.15) is 17.8 Å². The van der Waals surface area contributed by atoms with Crippen LogP contribution in [0.15, 0.2) is 30.3 Å². The maximum absolute atomic E-state index is 11.7. The van der Waals surface area contributed by atoms with Gasteiger partial charge in [-0.25, -0.2) is 0 Å². The molecule has 0 spiro atoms. The summed E-state index contributed by atoms with van der Waals surface area (Å²) in [5, 5.41) is 12.6. The number of fused-ring (bicyclic) bond motifs is 1. The third-order valence-electron chi connectivity index (χ3n) is 2.71. The molecule has 20 heavy (non-hydrogen) atoms. The summed E-state index contributed by atoms with van der Waals surface area (Å²) in [5.41, 5.74) is 0. The summed E-state index contributed by atoms with van der Waals surface area (Å²) in [5.74, 6) is -0.923. The highest BCUT2D eigenvalue weighted by molar-refractivity contribution is 8.00. The summed E-state index contributed by atoms with van der Waals surface area (Å²) >= 11 is 2.76. The average molecular weight is 309 g/mol. The largest absolute Gasteiger partial charge is 0.481 e. The molecule has 0 fully saturated rings. The molecule has 0 aliphatic heterocycles. The summed E-state index contributed by atoms with van der Waals surface area (Å²) in [7, 11) is 0. The van der Waals surface area contributed by atoms with Crippen molar-refractivity contribution < 1.29 is 14.7 Å². The molecule has 2 N–H and O–H groups in total. The van der Waals surface area contributed by atoms with Gasteiger partial charge in [0.1, 0.15) is 0 Å². The number of thioether (sulfide) groups is 1. The Kier molecular flexibility index (Phi) is 5.03. The van der Waals surface area contributed by atoms with Crippen LogP contribution in [0.4, 0.5) is 0 Å². The van der Waals surface area contributed by atoms with Crippen LogP contribution in [0.2, 0.25) is 0 Å². The van der Waals surface area contributed by atoms with Crippen LogP contribution in [0.25, 0.3) is 10.1 Å². The lowest BCUT2D eigenvalue weighted by atomic mass is 10.2. The Morgan fingerprint density at radius 2 is 2.10 bits per heavy atom. The summed E-state index contributed by atoms with van der Waals surface area (Å²) in [6, 6.07) is 10.1. The van der Waals surface area contributed by atoms with Gasteiger partial charge in [0.15, 0.2) is 0 Å². The van der Waals surface area contributed by atoms with E-state index < -0.39 is 5.97 Å². The van der Waals surface area contributed by atoms with Gasteiger partial charge in [-0.15, -0.1) is 23.1 Å². The predicted molar refractivity (Wildman–Crippen MR) is 83.3 cm³/mol. The molecule has 2 rings (SSSR count). The maximum atomic E-state index is 11.7. The minimum absolute atomic E-state index is 0.0509. The van der Waals surface area contributed by atoms with E-state index in [1.165, 1.54) is 10.1 Å².